The van der Waals surface area contributed by atoms with Gasteiger partial charge in [0.05, 0.1) is 0 Å². The highest BCUT2D eigenvalue weighted by molar-refractivity contribution is 6.36. The Morgan fingerprint density at radius 2 is 1.56 bits per heavy atom. The third kappa shape index (κ3) is 5.88. The van der Waals surface area contributed by atoms with E-state index < -0.39 is 0 Å². The highest BCUT2D eigenvalue weighted by Crippen LogP contribution is 2.28. The summed E-state index contributed by atoms with van der Waals surface area (Å²) < 4.78 is 5.99. The molecule has 3 aromatic carbocycles. The Labute approximate surface area is 175 Å². The summed E-state index contributed by atoms with van der Waals surface area (Å²) in [6, 6.07) is 21.4. The quantitative estimate of drug-likeness (QED) is 0.417. The van der Waals surface area contributed by atoms with Crippen LogP contribution in [0.25, 0.3) is 0 Å². The first-order chi connectivity index (χ1) is 13.1. The number of rotatable bonds is 8. The second-order valence-corrected chi connectivity index (χ2v) is 7.40. The van der Waals surface area contributed by atoms with Gasteiger partial charge >= 0.3 is 0 Å². The Morgan fingerprint density at radius 3 is 2.30 bits per heavy atom. The normalized spacial score (nSPS) is 10.8. The molecule has 0 saturated heterocycles. The molecule has 140 valence electrons. The lowest BCUT2D eigenvalue weighted by atomic mass is 10.1. The van der Waals surface area contributed by atoms with Gasteiger partial charge in [0.1, 0.15) is 12.4 Å². The van der Waals surface area contributed by atoms with E-state index in [2.05, 4.69) is 29.6 Å². The van der Waals surface area contributed by atoms with Crippen LogP contribution in [0.5, 0.6) is 5.75 Å². The van der Waals surface area contributed by atoms with Gasteiger partial charge in [0.15, 0.2) is 0 Å². The summed E-state index contributed by atoms with van der Waals surface area (Å²) in [6.07, 6.45) is 0.965. The van der Waals surface area contributed by atoms with Crippen molar-refractivity contribution < 1.29 is 4.74 Å². The average molecular weight is 421 g/mol. The fraction of sp³-hybridized carbons (Fsp3) is 0.182. The van der Waals surface area contributed by atoms with E-state index in [1.807, 2.05) is 30.3 Å². The smallest absolute Gasteiger partial charge is 0.124 e. The second kappa shape index (κ2) is 10.0. The van der Waals surface area contributed by atoms with Crippen molar-refractivity contribution in [2.24, 2.45) is 0 Å². The standard InChI is InChI=1S/C22H20Cl3NO/c23-18-9-10-22(27-15-19-20(24)7-4-8-21(19)25)17(13-18)14-26-12-11-16-5-2-1-3-6-16/h1-10,13,26H,11-12,14-15H2. The van der Waals surface area contributed by atoms with E-state index in [0.29, 0.717) is 28.2 Å². The average Bonchev–Trinajstić information content (AvgIpc) is 2.67. The van der Waals surface area contributed by atoms with Gasteiger partial charge in [-0.05, 0) is 48.9 Å². The van der Waals surface area contributed by atoms with Gasteiger partial charge in [-0.2, -0.15) is 0 Å². The molecule has 27 heavy (non-hydrogen) atoms. The Kier molecular flexibility index (Phi) is 7.42. The third-order valence-electron chi connectivity index (χ3n) is 4.20. The van der Waals surface area contributed by atoms with Crippen LogP contribution in [0.3, 0.4) is 0 Å². The van der Waals surface area contributed by atoms with Gasteiger partial charge in [0, 0.05) is 32.7 Å². The molecular formula is C22H20Cl3NO. The minimum Gasteiger partial charge on any atom is -0.488 e. The van der Waals surface area contributed by atoms with Crippen molar-refractivity contribution in [1.29, 1.82) is 0 Å². The van der Waals surface area contributed by atoms with Crippen molar-refractivity contribution in [3.63, 3.8) is 0 Å². The number of halogens is 3. The summed E-state index contributed by atoms with van der Waals surface area (Å²) in [4.78, 5) is 0. The summed E-state index contributed by atoms with van der Waals surface area (Å²) >= 11 is 18.6. The van der Waals surface area contributed by atoms with Crippen molar-refractivity contribution in [3.8, 4) is 5.75 Å². The maximum atomic E-state index is 6.22. The zero-order valence-electron chi connectivity index (χ0n) is 14.7. The summed E-state index contributed by atoms with van der Waals surface area (Å²) in [5, 5.41) is 5.32. The van der Waals surface area contributed by atoms with Crippen LogP contribution < -0.4 is 10.1 Å². The fourth-order valence-corrected chi connectivity index (χ4v) is 3.45. The molecule has 3 rings (SSSR count). The Bertz CT molecular complexity index is 864. The van der Waals surface area contributed by atoms with E-state index in [1.165, 1.54) is 5.56 Å². The van der Waals surface area contributed by atoms with Crippen molar-refractivity contribution in [2.45, 2.75) is 19.6 Å². The molecule has 0 saturated carbocycles. The van der Waals surface area contributed by atoms with Gasteiger partial charge in [0.2, 0.25) is 0 Å². The van der Waals surface area contributed by atoms with E-state index in [9.17, 15) is 0 Å². The Hall–Kier alpha value is -1.71. The number of hydrogen-bond acceptors (Lipinski definition) is 2. The molecule has 0 heterocycles. The maximum Gasteiger partial charge on any atom is 0.124 e. The molecule has 0 aromatic heterocycles. The minimum absolute atomic E-state index is 0.303. The first-order valence-electron chi connectivity index (χ1n) is 8.72. The molecule has 0 bridgehead atoms. The SMILES string of the molecule is Clc1ccc(OCc2c(Cl)cccc2Cl)c(CNCCc2ccccc2)c1. The molecule has 0 amide bonds. The lowest BCUT2D eigenvalue weighted by Crippen LogP contribution is -2.17. The van der Waals surface area contributed by atoms with Crippen molar-refractivity contribution >= 4 is 34.8 Å². The van der Waals surface area contributed by atoms with Crippen molar-refractivity contribution in [2.75, 3.05) is 6.54 Å². The lowest BCUT2D eigenvalue weighted by molar-refractivity contribution is 0.302. The minimum atomic E-state index is 0.303. The molecule has 3 aromatic rings. The molecule has 0 fully saturated rings. The van der Waals surface area contributed by atoms with Crippen LogP contribution in [-0.4, -0.2) is 6.54 Å². The van der Waals surface area contributed by atoms with Gasteiger partial charge in [-0.1, -0.05) is 71.2 Å². The third-order valence-corrected chi connectivity index (χ3v) is 5.15. The molecule has 0 unspecified atom stereocenters. The van der Waals surface area contributed by atoms with E-state index in [4.69, 9.17) is 39.5 Å². The summed E-state index contributed by atoms with van der Waals surface area (Å²) in [7, 11) is 0. The number of hydrogen-bond donors (Lipinski definition) is 1. The van der Waals surface area contributed by atoms with Gasteiger partial charge in [-0.3, -0.25) is 0 Å². The second-order valence-electron chi connectivity index (χ2n) is 6.15. The van der Waals surface area contributed by atoms with Gasteiger partial charge < -0.3 is 10.1 Å². The predicted octanol–water partition coefficient (Wildman–Crippen LogP) is 6.56. The predicted molar refractivity (Wildman–Crippen MR) is 114 cm³/mol. The van der Waals surface area contributed by atoms with Gasteiger partial charge in [0.25, 0.3) is 0 Å². The first kappa shape index (κ1) is 20.0. The largest absolute Gasteiger partial charge is 0.488 e. The van der Waals surface area contributed by atoms with Crippen molar-refractivity contribution in [1.82, 2.24) is 5.32 Å². The van der Waals surface area contributed by atoms with Crippen LogP contribution in [0.1, 0.15) is 16.7 Å². The number of ether oxygens (including phenoxy) is 1. The van der Waals surface area contributed by atoms with Crippen molar-refractivity contribution in [3.05, 3.63) is 98.5 Å². The lowest BCUT2D eigenvalue weighted by Gasteiger charge is -2.14. The summed E-state index contributed by atoms with van der Waals surface area (Å²) in [5.74, 6) is 0.766. The molecule has 0 radical (unpaired) electrons. The van der Waals surface area contributed by atoms with E-state index >= 15 is 0 Å². The van der Waals surface area contributed by atoms with E-state index in [1.54, 1.807) is 12.1 Å². The van der Waals surface area contributed by atoms with Crippen LogP contribution in [0.15, 0.2) is 66.7 Å². The maximum absolute atomic E-state index is 6.22. The fourth-order valence-electron chi connectivity index (χ4n) is 2.75. The molecule has 0 aliphatic rings. The molecule has 0 spiro atoms. The molecule has 0 aliphatic heterocycles. The zero-order chi connectivity index (χ0) is 19.1. The van der Waals surface area contributed by atoms with Crippen LogP contribution >= 0.6 is 34.8 Å². The van der Waals surface area contributed by atoms with Crippen LogP contribution in [0.4, 0.5) is 0 Å². The summed E-state index contributed by atoms with van der Waals surface area (Å²) in [5.41, 5.74) is 3.08. The Morgan fingerprint density at radius 1 is 0.815 bits per heavy atom. The molecule has 2 nitrogen and oxygen atoms in total. The van der Waals surface area contributed by atoms with Crippen LogP contribution in [-0.2, 0) is 19.6 Å². The van der Waals surface area contributed by atoms with Gasteiger partial charge in [-0.25, -0.2) is 0 Å². The van der Waals surface area contributed by atoms with E-state index in [-0.39, 0.29) is 0 Å². The first-order valence-corrected chi connectivity index (χ1v) is 9.85. The van der Waals surface area contributed by atoms with Crippen LogP contribution in [0.2, 0.25) is 15.1 Å². The molecule has 5 heteroatoms. The highest BCUT2D eigenvalue weighted by atomic mass is 35.5. The Balaban J connectivity index is 1.61. The zero-order valence-corrected chi connectivity index (χ0v) is 17.0. The van der Waals surface area contributed by atoms with Gasteiger partial charge in [-0.15, -0.1) is 0 Å². The summed E-state index contributed by atoms with van der Waals surface area (Å²) in [6.45, 7) is 1.84. The molecular weight excluding hydrogens is 401 g/mol. The molecule has 0 atom stereocenters. The molecule has 1 N–H and O–H groups in total. The topological polar surface area (TPSA) is 21.3 Å². The monoisotopic (exact) mass is 419 g/mol. The number of benzene rings is 3. The van der Waals surface area contributed by atoms with Crippen LogP contribution in [0, 0.1) is 0 Å². The van der Waals surface area contributed by atoms with E-state index in [0.717, 1.165) is 29.8 Å². The highest BCUT2D eigenvalue weighted by Gasteiger charge is 2.09. The molecule has 0 aliphatic carbocycles. The number of nitrogens with one attached hydrogen (secondary N) is 1.